The molecule has 2 N–H and O–H groups in total. The predicted octanol–water partition coefficient (Wildman–Crippen LogP) is 2.85. The summed E-state index contributed by atoms with van der Waals surface area (Å²) in [4.78, 5) is 24.9. The smallest absolute Gasteiger partial charge is 0.326 e. The van der Waals surface area contributed by atoms with Crippen molar-refractivity contribution in [3.05, 3.63) is 0 Å². The predicted molar refractivity (Wildman–Crippen MR) is 78.7 cm³/mol. The van der Waals surface area contributed by atoms with Gasteiger partial charge in [0.1, 0.15) is 6.04 Å². The number of nitrogens with zero attached hydrogens (tertiary/aromatic N) is 1. The summed E-state index contributed by atoms with van der Waals surface area (Å²) in [5.74, 6) is -0.169. The van der Waals surface area contributed by atoms with Crippen molar-refractivity contribution in [3.8, 4) is 0 Å². The molecule has 0 spiro atoms. The lowest BCUT2D eigenvalue weighted by Crippen LogP contribution is -2.50. The lowest BCUT2D eigenvalue weighted by molar-refractivity contribution is -0.139. The summed E-state index contributed by atoms with van der Waals surface area (Å²) in [7, 11) is 1.77. The van der Waals surface area contributed by atoms with E-state index in [0.29, 0.717) is 6.42 Å². The molecule has 0 saturated heterocycles. The third-order valence-electron chi connectivity index (χ3n) is 4.43. The van der Waals surface area contributed by atoms with Crippen LogP contribution in [-0.4, -0.2) is 41.1 Å². The van der Waals surface area contributed by atoms with Gasteiger partial charge in [0.15, 0.2) is 0 Å². The first-order chi connectivity index (χ1) is 9.49. The number of carboxylic acid groups (broad SMARTS) is 1. The number of aliphatic carboxylic acids is 1. The third kappa shape index (κ3) is 4.69. The Morgan fingerprint density at radius 2 is 1.85 bits per heavy atom. The van der Waals surface area contributed by atoms with Crippen LogP contribution in [0.4, 0.5) is 4.79 Å². The Kier molecular flexibility index (Phi) is 6.82. The highest BCUT2D eigenvalue weighted by molar-refractivity contribution is 5.82. The molecule has 1 saturated carbocycles. The number of hydrogen-bond acceptors (Lipinski definition) is 2. The number of amides is 2. The highest BCUT2D eigenvalue weighted by atomic mass is 16.4. The van der Waals surface area contributed by atoms with Crippen LogP contribution in [0, 0.1) is 5.92 Å². The van der Waals surface area contributed by atoms with Crippen molar-refractivity contribution in [1.82, 2.24) is 10.2 Å². The Hall–Kier alpha value is -1.26. The highest BCUT2D eigenvalue weighted by Gasteiger charge is 2.28. The number of carboxylic acids is 1. The molecule has 1 aliphatic carbocycles. The van der Waals surface area contributed by atoms with Crippen LogP contribution in [0.1, 0.15) is 58.8 Å². The summed E-state index contributed by atoms with van der Waals surface area (Å²) in [6.45, 7) is 4.13. The van der Waals surface area contributed by atoms with Gasteiger partial charge in [-0.15, -0.1) is 0 Å². The monoisotopic (exact) mass is 284 g/mol. The molecule has 5 nitrogen and oxygen atoms in total. The third-order valence-corrected chi connectivity index (χ3v) is 4.43. The zero-order valence-corrected chi connectivity index (χ0v) is 12.9. The average molecular weight is 284 g/mol. The van der Waals surface area contributed by atoms with Crippen molar-refractivity contribution in [1.29, 1.82) is 0 Å². The number of carbonyl (C=O) groups is 2. The molecule has 0 aliphatic heterocycles. The van der Waals surface area contributed by atoms with E-state index in [2.05, 4.69) is 12.2 Å². The second-order valence-corrected chi connectivity index (χ2v) is 5.82. The molecular formula is C15H28N2O3. The molecule has 1 rings (SSSR count). The fourth-order valence-electron chi connectivity index (χ4n) is 2.90. The maximum Gasteiger partial charge on any atom is 0.326 e. The summed E-state index contributed by atoms with van der Waals surface area (Å²) >= 11 is 0. The van der Waals surface area contributed by atoms with Crippen LogP contribution < -0.4 is 5.32 Å². The first-order valence-corrected chi connectivity index (χ1v) is 7.75. The minimum atomic E-state index is -0.955. The van der Waals surface area contributed by atoms with E-state index < -0.39 is 12.0 Å². The lowest BCUT2D eigenvalue weighted by Gasteiger charge is -2.35. The van der Waals surface area contributed by atoms with Gasteiger partial charge >= 0.3 is 12.0 Å². The van der Waals surface area contributed by atoms with E-state index in [1.54, 1.807) is 11.9 Å². The fraction of sp³-hybridized carbons (Fsp3) is 0.867. The Bertz CT molecular complexity index is 325. The lowest BCUT2D eigenvalue weighted by atomic mass is 9.84. The van der Waals surface area contributed by atoms with Crippen LogP contribution in [0.25, 0.3) is 0 Å². The second kappa shape index (κ2) is 8.12. The van der Waals surface area contributed by atoms with Crippen molar-refractivity contribution in [3.63, 3.8) is 0 Å². The fourth-order valence-corrected chi connectivity index (χ4v) is 2.90. The quantitative estimate of drug-likeness (QED) is 0.788. The topological polar surface area (TPSA) is 69.6 Å². The van der Waals surface area contributed by atoms with Crippen LogP contribution in [0.3, 0.4) is 0 Å². The molecule has 20 heavy (non-hydrogen) atoms. The van der Waals surface area contributed by atoms with E-state index in [0.717, 1.165) is 38.0 Å². The molecule has 1 atom stereocenters. The summed E-state index contributed by atoms with van der Waals surface area (Å²) < 4.78 is 0. The summed E-state index contributed by atoms with van der Waals surface area (Å²) in [6.07, 6.45) is 6.79. The van der Waals surface area contributed by atoms with Crippen LogP contribution in [-0.2, 0) is 4.79 Å². The minimum absolute atomic E-state index is 0.244. The van der Waals surface area contributed by atoms with Gasteiger partial charge in [-0.05, 0) is 38.0 Å². The largest absolute Gasteiger partial charge is 0.480 e. The Morgan fingerprint density at radius 1 is 1.25 bits per heavy atom. The number of rotatable bonds is 6. The number of hydrogen-bond donors (Lipinski definition) is 2. The van der Waals surface area contributed by atoms with Gasteiger partial charge in [0.25, 0.3) is 0 Å². The maximum atomic E-state index is 12.1. The molecule has 0 aromatic carbocycles. The van der Waals surface area contributed by atoms with Crippen LogP contribution in [0.2, 0.25) is 0 Å². The SMILES string of the molecule is CCC[C@H](NC(=O)N(C)C1CCC(CC)CC1)C(=O)O. The summed E-state index contributed by atoms with van der Waals surface area (Å²) in [5, 5.41) is 11.7. The maximum absolute atomic E-state index is 12.1. The molecule has 1 aliphatic rings. The molecular weight excluding hydrogens is 256 g/mol. The minimum Gasteiger partial charge on any atom is -0.480 e. The van der Waals surface area contributed by atoms with Crippen LogP contribution in [0.5, 0.6) is 0 Å². The normalized spacial score (nSPS) is 23.9. The summed E-state index contributed by atoms with van der Waals surface area (Å²) in [6, 6.07) is -0.790. The van der Waals surface area contributed by atoms with Gasteiger partial charge in [-0.2, -0.15) is 0 Å². The van der Waals surface area contributed by atoms with E-state index in [-0.39, 0.29) is 12.1 Å². The molecule has 5 heteroatoms. The van der Waals surface area contributed by atoms with Gasteiger partial charge in [-0.3, -0.25) is 0 Å². The number of nitrogens with one attached hydrogen (secondary N) is 1. The first kappa shape index (κ1) is 16.8. The second-order valence-electron chi connectivity index (χ2n) is 5.82. The van der Waals surface area contributed by atoms with Crippen LogP contribution >= 0.6 is 0 Å². The van der Waals surface area contributed by atoms with E-state index >= 15 is 0 Å². The Balaban J connectivity index is 2.48. The van der Waals surface area contributed by atoms with Crippen molar-refractivity contribution in [2.75, 3.05) is 7.05 Å². The molecule has 0 radical (unpaired) electrons. The first-order valence-electron chi connectivity index (χ1n) is 7.75. The molecule has 0 bridgehead atoms. The Morgan fingerprint density at radius 3 is 2.30 bits per heavy atom. The van der Waals surface area contributed by atoms with E-state index in [1.807, 2.05) is 6.92 Å². The van der Waals surface area contributed by atoms with Gasteiger partial charge in [-0.25, -0.2) is 9.59 Å². The van der Waals surface area contributed by atoms with Gasteiger partial charge in [0.05, 0.1) is 0 Å². The average Bonchev–Trinajstić information content (AvgIpc) is 2.45. The van der Waals surface area contributed by atoms with Crippen LogP contribution in [0.15, 0.2) is 0 Å². The van der Waals surface area contributed by atoms with E-state index in [4.69, 9.17) is 5.11 Å². The van der Waals surface area contributed by atoms with Gasteiger partial charge < -0.3 is 15.3 Å². The molecule has 1 fully saturated rings. The highest BCUT2D eigenvalue weighted by Crippen LogP contribution is 2.28. The number of urea groups is 1. The zero-order valence-electron chi connectivity index (χ0n) is 12.9. The molecule has 0 heterocycles. The van der Waals surface area contributed by atoms with Gasteiger partial charge in [-0.1, -0.05) is 26.7 Å². The Labute approximate surface area is 121 Å². The molecule has 2 amide bonds. The molecule has 116 valence electrons. The molecule has 0 aromatic heterocycles. The summed E-state index contributed by atoms with van der Waals surface area (Å²) in [5.41, 5.74) is 0. The van der Waals surface area contributed by atoms with Crippen molar-refractivity contribution in [2.45, 2.75) is 70.9 Å². The standard InChI is InChI=1S/C15H28N2O3/c1-4-6-13(14(18)19)16-15(20)17(3)12-9-7-11(5-2)8-10-12/h11-13H,4-10H2,1-3H3,(H,16,20)(H,18,19)/t11?,12?,13-/m0/s1. The molecule has 0 aromatic rings. The van der Waals surface area contributed by atoms with Crippen molar-refractivity contribution < 1.29 is 14.7 Å². The van der Waals surface area contributed by atoms with Gasteiger partial charge in [0, 0.05) is 13.1 Å². The van der Waals surface area contributed by atoms with Crippen molar-refractivity contribution >= 4 is 12.0 Å². The van der Waals surface area contributed by atoms with Crippen molar-refractivity contribution in [2.24, 2.45) is 5.92 Å². The number of carbonyl (C=O) groups excluding carboxylic acids is 1. The van der Waals surface area contributed by atoms with E-state index in [1.165, 1.54) is 6.42 Å². The van der Waals surface area contributed by atoms with E-state index in [9.17, 15) is 9.59 Å². The zero-order chi connectivity index (χ0) is 15.1. The molecule has 0 unspecified atom stereocenters. The van der Waals surface area contributed by atoms with Gasteiger partial charge in [0.2, 0.25) is 0 Å².